The van der Waals surface area contributed by atoms with Crippen molar-refractivity contribution in [2.24, 2.45) is 4.99 Å². The molecule has 0 aromatic heterocycles. The Kier molecular flexibility index (Phi) is 5.54. The van der Waals surface area contributed by atoms with E-state index in [0.29, 0.717) is 11.3 Å². The van der Waals surface area contributed by atoms with Crippen LogP contribution in [0.25, 0.3) is 0 Å². The van der Waals surface area contributed by atoms with Crippen LogP contribution < -0.4 is 4.74 Å². The lowest BCUT2D eigenvalue weighted by molar-refractivity contribution is 0.309. The smallest absolute Gasteiger partial charge is 0.119 e. The minimum absolute atomic E-state index is 0.577. The molecule has 0 aliphatic heterocycles. The number of rotatable bonds is 6. The molecule has 0 amide bonds. The van der Waals surface area contributed by atoms with Crippen molar-refractivity contribution in [3.8, 4) is 11.8 Å². The molecule has 0 bridgehead atoms. The summed E-state index contributed by atoms with van der Waals surface area (Å²) in [6.45, 7) is 2.89. The molecule has 2 aromatic rings. The molecule has 2 rings (SSSR count). The first-order chi connectivity index (χ1) is 10.3. The highest BCUT2D eigenvalue weighted by molar-refractivity contribution is 5.82. The van der Waals surface area contributed by atoms with Crippen LogP contribution in [-0.4, -0.2) is 12.8 Å². The summed E-state index contributed by atoms with van der Waals surface area (Å²) in [6.07, 6.45) is 3.95. The fraction of sp³-hybridized carbons (Fsp3) is 0.222. The van der Waals surface area contributed by atoms with Gasteiger partial charge < -0.3 is 4.74 Å². The molecule has 106 valence electrons. The maximum atomic E-state index is 9.01. The lowest BCUT2D eigenvalue weighted by Crippen LogP contribution is -1.96. The Morgan fingerprint density at radius 2 is 1.90 bits per heavy atom. The maximum absolute atomic E-state index is 9.01. The van der Waals surface area contributed by atoms with Crippen molar-refractivity contribution in [2.75, 3.05) is 6.61 Å². The summed E-state index contributed by atoms with van der Waals surface area (Å²) < 4.78 is 5.61. The van der Waals surface area contributed by atoms with Crippen LogP contribution in [-0.2, 0) is 0 Å². The summed E-state index contributed by atoms with van der Waals surface area (Å²) in [5.74, 6) is 0.873. The van der Waals surface area contributed by atoms with E-state index in [4.69, 9.17) is 10.00 Å². The Bertz CT molecular complexity index is 639. The van der Waals surface area contributed by atoms with Crippen molar-refractivity contribution in [3.63, 3.8) is 0 Å². The molecule has 2 aromatic carbocycles. The van der Waals surface area contributed by atoms with Gasteiger partial charge in [-0.25, -0.2) is 0 Å². The van der Waals surface area contributed by atoms with Gasteiger partial charge in [0.05, 0.1) is 17.9 Å². The van der Waals surface area contributed by atoms with Gasteiger partial charge in [0.15, 0.2) is 0 Å². The topological polar surface area (TPSA) is 45.4 Å². The first-order valence-corrected chi connectivity index (χ1v) is 7.09. The molecule has 3 heteroatoms. The van der Waals surface area contributed by atoms with E-state index in [0.717, 1.165) is 30.8 Å². The fourth-order valence-electron chi connectivity index (χ4n) is 1.81. The normalized spacial score (nSPS) is 10.5. The molecule has 21 heavy (non-hydrogen) atoms. The van der Waals surface area contributed by atoms with Crippen molar-refractivity contribution in [1.82, 2.24) is 0 Å². The van der Waals surface area contributed by atoms with Crippen molar-refractivity contribution in [1.29, 1.82) is 5.26 Å². The van der Waals surface area contributed by atoms with Gasteiger partial charge in [-0.1, -0.05) is 25.5 Å². The second-order valence-corrected chi connectivity index (χ2v) is 4.66. The molecule has 3 nitrogen and oxygen atoms in total. The number of hydrogen-bond donors (Lipinski definition) is 0. The molecular weight excluding hydrogens is 260 g/mol. The Balaban J connectivity index is 2.03. The van der Waals surface area contributed by atoms with Gasteiger partial charge >= 0.3 is 0 Å². The summed E-state index contributed by atoms with van der Waals surface area (Å²) in [4.78, 5) is 4.36. The third-order valence-electron chi connectivity index (χ3n) is 3.02. The van der Waals surface area contributed by atoms with E-state index in [1.165, 1.54) is 0 Å². The Labute approximate surface area is 125 Å². The molecule has 0 atom stereocenters. The standard InChI is InChI=1S/C18H18N2O/c1-2-3-12-21-17-10-8-15(9-11-17)14-20-18-7-5-4-6-16(18)13-19/h4-11,14H,2-3,12H2,1H3/b20-14+. The summed E-state index contributed by atoms with van der Waals surface area (Å²) >= 11 is 0. The first-order valence-electron chi connectivity index (χ1n) is 7.09. The molecule has 0 fully saturated rings. The molecule has 0 aliphatic rings. The molecule has 0 spiro atoms. The highest BCUT2D eigenvalue weighted by atomic mass is 16.5. The number of hydrogen-bond acceptors (Lipinski definition) is 3. The predicted octanol–water partition coefficient (Wildman–Crippen LogP) is 4.49. The Morgan fingerprint density at radius 1 is 1.14 bits per heavy atom. The summed E-state index contributed by atoms with van der Waals surface area (Å²) in [5, 5.41) is 9.01. The van der Waals surface area contributed by atoms with Crippen molar-refractivity contribution in [3.05, 3.63) is 59.7 Å². The van der Waals surface area contributed by atoms with Gasteiger partial charge in [0, 0.05) is 6.21 Å². The van der Waals surface area contributed by atoms with Gasteiger partial charge in [0.2, 0.25) is 0 Å². The van der Waals surface area contributed by atoms with Crippen LogP contribution in [0.15, 0.2) is 53.5 Å². The first kappa shape index (κ1) is 14.8. The number of nitrogens with zero attached hydrogens (tertiary/aromatic N) is 2. The second kappa shape index (κ2) is 7.86. The molecular formula is C18H18N2O. The highest BCUT2D eigenvalue weighted by Gasteiger charge is 1.98. The SMILES string of the molecule is CCCCOc1ccc(/C=N/c2ccccc2C#N)cc1. The van der Waals surface area contributed by atoms with Crippen LogP contribution in [0, 0.1) is 11.3 Å². The minimum Gasteiger partial charge on any atom is -0.494 e. The third-order valence-corrected chi connectivity index (χ3v) is 3.02. The molecule has 0 heterocycles. The molecule has 0 unspecified atom stereocenters. The summed E-state index contributed by atoms with van der Waals surface area (Å²) in [6, 6.07) is 17.2. The van der Waals surface area contributed by atoms with Gasteiger partial charge in [-0.2, -0.15) is 5.26 Å². The molecule has 0 aliphatic carbocycles. The van der Waals surface area contributed by atoms with E-state index in [2.05, 4.69) is 18.0 Å². The van der Waals surface area contributed by atoms with E-state index in [9.17, 15) is 0 Å². The predicted molar refractivity (Wildman–Crippen MR) is 85.3 cm³/mol. The number of unbranched alkanes of at least 4 members (excludes halogenated alkanes) is 1. The number of ether oxygens (including phenoxy) is 1. The average Bonchev–Trinajstić information content (AvgIpc) is 2.54. The summed E-state index contributed by atoms with van der Waals surface area (Å²) in [5.41, 5.74) is 2.24. The van der Waals surface area contributed by atoms with Crippen LogP contribution in [0.1, 0.15) is 30.9 Å². The molecule has 0 radical (unpaired) electrons. The van der Waals surface area contributed by atoms with Gasteiger partial charge in [0.25, 0.3) is 0 Å². The van der Waals surface area contributed by atoms with Crippen molar-refractivity contribution >= 4 is 11.9 Å². The Morgan fingerprint density at radius 3 is 2.62 bits per heavy atom. The second-order valence-electron chi connectivity index (χ2n) is 4.66. The number of benzene rings is 2. The lowest BCUT2D eigenvalue weighted by Gasteiger charge is -2.04. The number of para-hydroxylation sites is 1. The largest absolute Gasteiger partial charge is 0.494 e. The van der Waals surface area contributed by atoms with Crippen LogP contribution in [0.5, 0.6) is 5.75 Å². The zero-order valence-corrected chi connectivity index (χ0v) is 12.1. The van der Waals surface area contributed by atoms with Crippen LogP contribution >= 0.6 is 0 Å². The van der Waals surface area contributed by atoms with E-state index in [1.54, 1.807) is 12.3 Å². The third kappa shape index (κ3) is 4.47. The molecule has 0 N–H and O–H groups in total. The van der Waals surface area contributed by atoms with E-state index >= 15 is 0 Å². The van der Waals surface area contributed by atoms with Gasteiger partial charge in [0.1, 0.15) is 11.8 Å². The van der Waals surface area contributed by atoms with Gasteiger partial charge in [-0.05, 0) is 48.4 Å². The fourth-order valence-corrected chi connectivity index (χ4v) is 1.81. The average molecular weight is 278 g/mol. The number of nitriles is 1. The van der Waals surface area contributed by atoms with E-state index < -0.39 is 0 Å². The van der Waals surface area contributed by atoms with E-state index in [1.807, 2.05) is 42.5 Å². The van der Waals surface area contributed by atoms with Crippen LogP contribution in [0.2, 0.25) is 0 Å². The maximum Gasteiger partial charge on any atom is 0.119 e. The lowest BCUT2D eigenvalue weighted by atomic mass is 10.2. The van der Waals surface area contributed by atoms with Gasteiger partial charge in [-0.15, -0.1) is 0 Å². The monoisotopic (exact) mass is 278 g/mol. The van der Waals surface area contributed by atoms with Crippen LogP contribution in [0.3, 0.4) is 0 Å². The van der Waals surface area contributed by atoms with E-state index in [-0.39, 0.29) is 0 Å². The van der Waals surface area contributed by atoms with Crippen molar-refractivity contribution < 1.29 is 4.74 Å². The Hall–Kier alpha value is -2.60. The zero-order valence-electron chi connectivity index (χ0n) is 12.1. The summed E-state index contributed by atoms with van der Waals surface area (Å²) in [7, 11) is 0. The molecule has 0 saturated heterocycles. The minimum atomic E-state index is 0.577. The highest BCUT2D eigenvalue weighted by Crippen LogP contribution is 2.18. The number of aliphatic imine (C=N–C) groups is 1. The molecule has 0 saturated carbocycles. The van der Waals surface area contributed by atoms with Crippen LogP contribution in [0.4, 0.5) is 5.69 Å². The van der Waals surface area contributed by atoms with Gasteiger partial charge in [-0.3, -0.25) is 4.99 Å². The quantitative estimate of drug-likeness (QED) is 0.577. The zero-order chi connectivity index (χ0) is 14.9. The van der Waals surface area contributed by atoms with Crippen molar-refractivity contribution in [2.45, 2.75) is 19.8 Å².